The molecule has 0 aliphatic heterocycles. The van der Waals surface area contributed by atoms with Gasteiger partial charge in [0.05, 0.1) is 11.7 Å². The van der Waals surface area contributed by atoms with Crippen molar-refractivity contribution in [1.29, 1.82) is 0 Å². The standard InChI is InChI=1S/C16H16N4/c17-16(18)20-13-8-6-12(7-9-13)19-15-10-5-11-3-1-2-4-14(11)15/h1-10,15,19H,(H4,17,18,20). The van der Waals surface area contributed by atoms with Crippen LogP contribution in [0.2, 0.25) is 0 Å². The molecule has 1 aliphatic carbocycles. The maximum atomic E-state index is 5.35. The van der Waals surface area contributed by atoms with Crippen LogP contribution in [0, 0.1) is 0 Å². The Morgan fingerprint density at radius 3 is 2.50 bits per heavy atom. The summed E-state index contributed by atoms with van der Waals surface area (Å²) in [6.45, 7) is 0. The Bertz CT molecular complexity index is 667. The molecule has 3 rings (SSSR count). The number of hydrogen-bond donors (Lipinski definition) is 3. The first-order valence-corrected chi connectivity index (χ1v) is 6.46. The molecule has 1 aliphatic rings. The van der Waals surface area contributed by atoms with Gasteiger partial charge >= 0.3 is 0 Å². The van der Waals surface area contributed by atoms with E-state index in [1.54, 1.807) is 0 Å². The highest BCUT2D eigenvalue weighted by molar-refractivity contribution is 5.79. The second-order valence-corrected chi connectivity index (χ2v) is 4.69. The van der Waals surface area contributed by atoms with Crippen LogP contribution < -0.4 is 16.8 Å². The third-order valence-corrected chi connectivity index (χ3v) is 3.25. The van der Waals surface area contributed by atoms with Gasteiger partial charge < -0.3 is 16.8 Å². The summed E-state index contributed by atoms with van der Waals surface area (Å²) in [5.74, 6) is 0.0679. The van der Waals surface area contributed by atoms with E-state index in [1.165, 1.54) is 11.1 Å². The molecule has 20 heavy (non-hydrogen) atoms. The molecular formula is C16H16N4. The minimum Gasteiger partial charge on any atom is -0.375 e. The van der Waals surface area contributed by atoms with Crippen molar-refractivity contribution in [3.05, 3.63) is 65.7 Å². The summed E-state index contributed by atoms with van der Waals surface area (Å²) in [5, 5.41) is 3.48. The minimum absolute atomic E-state index is 0.0679. The Kier molecular flexibility index (Phi) is 3.13. The molecule has 0 heterocycles. The van der Waals surface area contributed by atoms with Crippen LogP contribution in [-0.4, -0.2) is 5.96 Å². The van der Waals surface area contributed by atoms with Gasteiger partial charge in [0.2, 0.25) is 0 Å². The molecule has 4 nitrogen and oxygen atoms in total. The van der Waals surface area contributed by atoms with E-state index in [-0.39, 0.29) is 12.0 Å². The van der Waals surface area contributed by atoms with Crippen LogP contribution in [0.15, 0.2) is 59.6 Å². The topological polar surface area (TPSA) is 76.4 Å². The number of nitrogens with zero attached hydrogens (tertiary/aromatic N) is 1. The Hall–Kier alpha value is -2.75. The highest BCUT2D eigenvalue weighted by Gasteiger charge is 2.15. The van der Waals surface area contributed by atoms with Crippen molar-refractivity contribution in [2.45, 2.75) is 6.04 Å². The van der Waals surface area contributed by atoms with Crippen molar-refractivity contribution in [2.24, 2.45) is 16.5 Å². The van der Waals surface area contributed by atoms with Crippen molar-refractivity contribution in [2.75, 3.05) is 5.32 Å². The Morgan fingerprint density at radius 1 is 1.00 bits per heavy atom. The van der Waals surface area contributed by atoms with Gasteiger partial charge in [-0.3, -0.25) is 0 Å². The SMILES string of the molecule is NC(N)=Nc1ccc(NC2C=Cc3ccccc32)cc1. The van der Waals surface area contributed by atoms with Crippen LogP contribution in [0.5, 0.6) is 0 Å². The van der Waals surface area contributed by atoms with Gasteiger partial charge in [0.15, 0.2) is 5.96 Å². The summed E-state index contributed by atoms with van der Waals surface area (Å²) in [5.41, 5.74) is 15.0. The smallest absolute Gasteiger partial charge is 0.191 e. The Morgan fingerprint density at radius 2 is 1.75 bits per heavy atom. The number of anilines is 1. The van der Waals surface area contributed by atoms with E-state index in [4.69, 9.17) is 11.5 Å². The van der Waals surface area contributed by atoms with Crippen LogP contribution >= 0.6 is 0 Å². The van der Waals surface area contributed by atoms with E-state index in [0.29, 0.717) is 0 Å². The molecule has 2 aromatic rings. The second-order valence-electron chi connectivity index (χ2n) is 4.69. The monoisotopic (exact) mass is 264 g/mol. The zero-order valence-corrected chi connectivity index (χ0v) is 11.0. The van der Waals surface area contributed by atoms with Crippen molar-refractivity contribution < 1.29 is 0 Å². The molecule has 0 spiro atoms. The fourth-order valence-corrected chi connectivity index (χ4v) is 2.34. The lowest BCUT2D eigenvalue weighted by Gasteiger charge is -2.14. The predicted molar refractivity (Wildman–Crippen MR) is 83.8 cm³/mol. The van der Waals surface area contributed by atoms with Gasteiger partial charge in [-0.25, -0.2) is 4.99 Å². The molecule has 4 heteroatoms. The number of nitrogens with two attached hydrogens (primary N) is 2. The van der Waals surface area contributed by atoms with Gasteiger partial charge in [-0.1, -0.05) is 36.4 Å². The number of fused-ring (bicyclic) bond motifs is 1. The summed E-state index contributed by atoms with van der Waals surface area (Å²) < 4.78 is 0. The molecule has 1 atom stereocenters. The first-order valence-electron chi connectivity index (χ1n) is 6.46. The van der Waals surface area contributed by atoms with Crippen LogP contribution in [-0.2, 0) is 0 Å². The number of benzene rings is 2. The van der Waals surface area contributed by atoms with Gasteiger partial charge in [-0.15, -0.1) is 0 Å². The molecule has 2 aromatic carbocycles. The third kappa shape index (κ3) is 2.49. The lowest BCUT2D eigenvalue weighted by atomic mass is 10.1. The third-order valence-electron chi connectivity index (χ3n) is 3.25. The lowest BCUT2D eigenvalue weighted by molar-refractivity contribution is 1.01. The summed E-state index contributed by atoms with van der Waals surface area (Å²) in [4.78, 5) is 4.00. The number of nitrogens with one attached hydrogen (secondary N) is 1. The minimum atomic E-state index is 0.0679. The van der Waals surface area contributed by atoms with Gasteiger partial charge in [0.25, 0.3) is 0 Å². The Balaban J connectivity index is 1.77. The van der Waals surface area contributed by atoms with E-state index in [1.807, 2.05) is 24.3 Å². The fourth-order valence-electron chi connectivity index (χ4n) is 2.34. The zero-order chi connectivity index (χ0) is 13.9. The normalized spacial score (nSPS) is 15.7. The first-order chi connectivity index (χ1) is 9.72. The predicted octanol–water partition coefficient (Wildman–Crippen LogP) is 2.77. The van der Waals surface area contributed by atoms with Gasteiger partial charge in [0, 0.05) is 5.69 Å². The van der Waals surface area contributed by atoms with Gasteiger partial charge in [0.1, 0.15) is 0 Å². The quantitative estimate of drug-likeness (QED) is 0.589. The number of rotatable bonds is 3. The number of aliphatic imine (C=N–C) groups is 1. The summed E-state index contributed by atoms with van der Waals surface area (Å²) in [7, 11) is 0. The molecule has 0 bridgehead atoms. The first kappa shape index (κ1) is 12.3. The maximum Gasteiger partial charge on any atom is 0.191 e. The molecule has 0 amide bonds. The lowest BCUT2D eigenvalue weighted by Crippen LogP contribution is -2.21. The molecule has 1 unspecified atom stereocenters. The average Bonchev–Trinajstić information content (AvgIpc) is 2.84. The maximum absolute atomic E-state index is 5.35. The second kappa shape index (κ2) is 5.09. The molecule has 0 fully saturated rings. The molecular weight excluding hydrogens is 248 g/mol. The summed E-state index contributed by atoms with van der Waals surface area (Å²) in [6.07, 6.45) is 4.30. The van der Waals surface area contributed by atoms with Crippen LogP contribution in [0.25, 0.3) is 6.08 Å². The molecule has 0 saturated carbocycles. The van der Waals surface area contributed by atoms with Crippen molar-refractivity contribution in [1.82, 2.24) is 0 Å². The van der Waals surface area contributed by atoms with Crippen LogP contribution in [0.3, 0.4) is 0 Å². The highest BCUT2D eigenvalue weighted by Crippen LogP contribution is 2.31. The van der Waals surface area contributed by atoms with Crippen molar-refractivity contribution in [3.63, 3.8) is 0 Å². The average molecular weight is 264 g/mol. The van der Waals surface area contributed by atoms with Crippen LogP contribution in [0.1, 0.15) is 17.2 Å². The molecule has 0 aromatic heterocycles. The van der Waals surface area contributed by atoms with E-state index < -0.39 is 0 Å². The summed E-state index contributed by atoms with van der Waals surface area (Å²) in [6, 6.07) is 16.3. The molecule has 0 radical (unpaired) electrons. The largest absolute Gasteiger partial charge is 0.375 e. The van der Waals surface area contributed by atoms with E-state index in [2.05, 4.69) is 46.7 Å². The number of hydrogen-bond acceptors (Lipinski definition) is 2. The highest BCUT2D eigenvalue weighted by atomic mass is 15.0. The molecule has 0 saturated heterocycles. The zero-order valence-electron chi connectivity index (χ0n) is 11.0. The summed E-state index contributed by atoms with van der Waals surface area (Å²) >= 11 is 0. The van der Waals surface area contributed by atoms with E-state index in [0.717, 1.165) is 11.4 Å². The van der Waals surface area contributed by atoms with E-state index in [9.17, 15) is 0 Å². The van der Waals surface area contributed by atoms with Gasteiger partial charge in [-0.05, 0) is 35.4 Å². The molecule has 100 valence electrons. The van der Waals surface area contributed by atoms with Crippen molar-refractivity contribution in [3.8, 4) is 0 Å². The number of guanidine groups is 1. The van der Waals surface area contributed by atoms with Crippen molar-refractivity contribution >= 4 is 23.4 Å². The Labute approximate surface area is 117 Å². The van der Waals surface area contributed by atoms with E-state index >= 15 is 0 Å². The fraction of sp³-hybridized carbons (Fsp3) is 0.0625. The van der Waals surface area contributed by atoms with Crippen LogP contribution in [0.4, 0.5) is 11.4 Å². The molecule has 5 N–H and O–H groups in total. The van der Waals surface area contributed by atoms with Gasteiger partial charge in [-0.2, -0.15) is 0 Å².